The van der Waals surface area contributed by atoms with Crippen molar-refractivity contribution in [3.8, 4) is 0 Å². The van der Waals surface area contributed by atoms with Crippen molar-refractivity contribution < 1.29 is 13.2 Å². The van der Waals surface area contributed by atoms with Gasteiger partial charge in [0, 0.05) is 0 Å². The summed E-state index contributed by atoms with van der Waals surface area (Å²) in [7, 11) is -4.02. The molecule has 5 nitrogen and oxygen atoms in total. The monoisotopic (exact) mass is 490 g/mol. The van der Waals surface area contributed by atoms with Gasteiger partial charge in [-0.2, -0.15) is 0 Å². The van der Waals surface area contributed by atoms with Gasteiger partial charge in [-0.1, -0.05) is 65.2 Å². The Balaban J connectivity index is 1.92. The molecule has 3 aromatic carbocycles. The van der Waals surface area contributed by atoms with E-state index < -0.39 is 22.5 Å². The second kappa shape index (κ2) is 9.94. The Kier molecular flexibility index (Phi) is 7.49. The molecule has 3 rings (SSSR count). The number of anilines is 1. The molecule has 0 aliphatic heterocycles. The minimum atomic E-state index is -4.02. The van der Waals surface area contributed by atoms with Crippen LogP contribution in [0.5, 0.6) is 0 Å². The Labute approximate surface area is 199 Å². The summed E-state index contributed by atoms with van der Waals surface area (Å²) in [6.45, 7) is 5.41. The van der Waals surface area contributed by atoms with E-state index in [0.29, 0.717) is 5.02 Å². The fourth-order valence-corrected chi connectivity index (χ4v) is 5.12. The predicted molar refractivity (Wildman–Crippen MR) is 130 cm³/mol. The molecular formula is C24H24Cl2N2O3S. The van der Waals surface area contributed by atoms with Gasteiger partial charge in [0.05, 0.1) is 26.7 Å². The summed E-state index contributed by atoms with van der Waals surface area (Å²) in [6.07, 6.45) is 0. The van der Waals surface area contributed by atoms with E-state index in [9.17, 15) is 13.2 Å². The summed E-state index contributed by atoms with van der Waals surface area (Å²) >= 11 is 12.1. The fraction of sp³-hybridized carbons (Fsp3) is 0.208. The molecule has 0 heterocycles. The Morgan fingerprint density at radius 3 is 2.31 bits per heavy atom. The molecule has 168 valence electrons. The third-order valence-corrected chi connectivity index (χ3v) is 7.62. The molecule has 1 unspecified atom stereocenters. The third kappa shape index (κ3) is 5.44. The Morgan fingerprint density at radius 2 is 1.66 bits per heavy atom. The van der Waals surface area contributed by atoms with E-state index in [4.69, 9.17) is 23.2 Å². The van der Waals surface area contributed by atoms with Gasteiger partial charge >= 0.3 is 0 Å². The molecule has 0 spiro atoms. The van der Waals surface area contributed by atoms with Gasteiger partial charge in [-0.25, -0.2) is 8.42 Å². The lowest BCUT2D eigenvalue weighted by atomic mass is 10.00. The summed E-state index contributed by atoms with van der Waals surface area (Å²) in [5, 5.41) is 3.40. The molecule has 0 saturated heterocycles. The first kappa shape index (κ1) is 24.1. The van der Waals surface area contributed by atoms with Crippen LogP contribution in [0.15, 0.2) is 71.6 Å². The van der Waals surface area contributed by atoms with Crippen molar-refractivity contribution >= 4 is 44.8 Å². The summed E-state index contributed by atoms with van der Waals surface area (Å²) in [5.41, 5.74) is 3.35. The predicted octanol–water partition coefficient (Wildman–Crippen LogP) is 5.68. The van der Waals surface area contributed by atoms with E-state index in [1.165, 1.54) is 30.3 Å². The number of rotatable bonds is 7. The highest BCUT2D eigenvalue weighted by atomic mass is 35.5. The smallest absolute Gasteiger partial charge is 0.264 e. The standard InChI is InChI=1S/C24H24Cl2N2O3S/c1-16-9-10-17(2)21(13-16)18(3)27-24(29)15-28(19-11-12-22(25)23(26)14-19)32(30,31)20-7-5-4-6-8-20/h4-14,18H,15H2,1-3H3,(H,27,29). The third-order valence-electron chi connectivity index (χ3n) is 5.09. The zero-order valence-electron chi connectivity index (χ0n) is 18.0. The van der Waals surface area contributed by atoms with Crippen LogP contribution in [0.2, 0.25) is 10.0 Å². The lowest BCUT2D eigenvalue weighted by Gasteiger charge is -2.25. The molecule has 0 radical (unpaired) electrons. The maximum absolute atomic E-state index is 13.4. The molecular weight excluding hydrogens is 467 g/mol. The SMILES string of the molecule is Cc1ccc(C)c(C(C)NC(=O)CN(c2ccc(Cl)c(Cl)c2)S(=O)(=O)c2ccccc2)c1. The lowest BCUT2D eigenvalue weighted by molar-refractivity contribution is -0.120. The number of sulfonamides is 1. The van der Waals surface area contributed by atoms with E-state index in [1.807, 2.05) is 39.0 Å². The van der Waals surface area contributed by atoms with Gasteiger partial charge in [0.1, 0.15) is 6.54 Å². The van der Waals surface area contributed by atoms with Gasteiger partial charge in [0.15, 0.2) is 0 Å². The van der Waals surface area contributed by atoms with E-state index in [2.05, 4.69) is 5.32 Å². The molecule has 0 aliphatic rings. The van der Waals surface area contributed by atoms with Crippen molar-refractivity contribution in [2.75, 3.05) is 10.8 Å². The zero-order chi connectivity index (χ0) is 23.5. The first-order chi connectivity index (χ1) is 15.1. The zero-order valence-corrected chi connectivity index (χ0v) is 20.3. The number of halogens is 2. The van der Waals surface area contributed by atoms with Crippen LogP contribution in [0.1, 0.15) is 29.7 Å². The molecule has 0 aromatic heterocycles. The highest BCUT2D eigenvalue weighted by Crippen LogP contribution is 2.30. The van der Waals surface area contributed by atoms with Crippen molar-refractivity contribution in [3.05, 3.63) is 93.5 Å². The quantitative estimate of drug-likeness (QED) is 0.462. The molecule has 3 aromatic rings. The molecule has 0 bridgehead atoms. The topological polar surface area (TPSA) is 66.5 Å². The molecule has 1 N–H and O–H groups in total. The van der Waals surface area contributed by atoms with Crippen molar-refractivity contribution in [1.82, 2.24) is 5.32 Å². The minimum absolute atomic E-state index is 0.0708. The van der Waals surface area contributed by atoms with Crippen LogP contribution in [0.3, 0.4) is 0 Å². The molecule has 0 saturated carbocycles. The molecule has 8 heteroatoms. The fourth-order valence-electron chi connectivity index (χ4n) is 3.40. The summed E-state index contributed by atoms with van der Waals surface area (Å²) in [5.74, 6) is -0.441. The van der Waals surface area contributed by atoms with Gasteiger partial charge in [-0.05, 0) is 62.2 Å². The lowest BCUT2D eigenvalue weighted by Crippen LogP contribution is -2.41. The molecule has 32 heavy (non-hydrogen) atoms. The molecule has 0 fully saturated rings. The van der Waals surface area contributed by atoms with E-state index in [-0.39, 0.29) is 21.6 Å². The Hall–Kier alpha value is -2.54. The number of carbonyl (C=O) groups is 1. The minimum Gasteiger partial charge on any atom is -0.348 e. The Bertz CT molecular complexity index is 1230. The van der Waals surface area contributed by atoms with Crippen LogP contribution in [-0.4, -0.2) is 20.9 Å². The number of nitrogens with one attached hydrogen (secondary N) is 1. The number of amides is 1. The van der Waals surface area contributed by atoms with Crippen molar-refractivity contribution in [2.24, 2.45) is 0 Å². The van der Waals surface area contributed by atoms with Crippen molar-refractivity contribution in [1.29, 1.82) is 0 Å². The van der Waals surface area contributed by atoms with Gasteiger partial charge in [-0.15, -0.1) is 0 Å². The number of nitrogens with zero attached hydrogens (tertiary/aromatic N) is 1. The number of carbonyl (C=O) groups excluding carboxylic acids is 1. The summed E-state index contributed by atoms with van der Waals surface area (Å²) < 4.78 is 27.8. The van der Waals surface area contributed by atoms with Crippen LogP contribution < -0.4 is 9.62 Å². The Morgan fingerprint density at radius 1 is 0.969 bits per heavy atom. The van der Waals surface area contributed by atoms with E-state index in [1.54, 1.807) is 18.2 Å². The molecule has 1 atom stereocenters. The molecule has 1 amide bonds. The van der Waals surface area contributed by atoms with Crippen LogP contribution in [-0.2, 0) is 14.8 Å². The van der Waals surface area contributed by atoms with E-state index >= 15 is 0 Å². The number of benzene rings is 3. The molecule has 0 aliphatic carbocycles. The van der Waals surface area contributed by atoms with E-state index in [0.717, 1.165) is 21.0 Å². The number of aryl methyl sites for hydroxylation is 2. The van der Waals surface area contributed by atoms with Gasteiger partial charge in [0.25, 0.3) is 10.0 Å². The maximum atomic E-state index is 13.4. The number of hydrogen-bond donors (Lipinski definition) is 1. The summed E-state index contributed by atoms with van der Waals surface area (Å²) in [4.78, 5) is 13.0. The number of hydrogen-bond acceptors (Lipinski definition) is 3. The average Bonchev–Trinajstić information content (AvgIpc) is 2.76. The normalized spacial score (nSPS) is 12.3. The second-order valence-electron chi connectivity index (χ2n) is 7.57. The largest absolute Gasteiger partial charge is 0.348 e. The average molecular weight is 491 g/mol. The van der Waals surface area contributed by atoms with Crippen LogP contribution in [0.4, 0.5) is 5.69 Å². The van der Waals surface area contributed by atoms with Crippen LogP contribution in [0, 0.1) is 13.8 Å². The van der Waals surface area contributed by atoms with Crippen LogP contribution >= 0.6 is 23.2 Å². The maximum Gasteiger partial charge on any atom is 0.264 e. The first-order valence-corrected chi connectivity index (χ1v) is 12.2. The van der Waals surface area contributed by atoms with Crippen LogP contribution in [0.25, 0.3) is 0 Å². The van der Waals surface area contributed by atoms with Gasteiger partial charge in [-0.3, -0.25) is 9.10 Å². The highest BCUT2D eigenvalue weighted by molar-refractivity contribution is 7.92. The second-order valence-corrected chi connectivity index (χ2v) is 10.2. The van der Waals surface area contributed by atoms with Gasteiger partial charge < -0.3 is 5.32 Å². The van der Waals surface area contributed by atoms with Crippen molar-refractivity contribution in [3.63, 3.8) is 0 Å². The first-order valence-electron chi connectivity index (χ1n) is 9.99. The summed E-state index contributed by atoms with van der Waals surface area (Å²) in [6, 6.07) is 18.1. The van der Waals surface area contributed by atoms with Gasteiger partial charge in [0.2, 0.25) is 5.91 Å². The highest BCUT2D eigenvalue weighted by Gasteiger charge is 2.28. The van der Waals surface area contributed by atoms with Crippen molar-refractivity contribution in [2.45, 2.75) is 31.7 Å².